The molecule has 2 atom stereocenters. The standard InChI is InChI=1S/C19H19ClN2O5/c1-12(27-18(23)11-25-2)19(24)22-16(17-4-3-9-26-17)10-15(21-22)13-5-7-14(20)8-6-13/h3-9,12,16H,10-11H2,1-2H3/t12-,16+/m1/s1. The lowest BCUT2D eigenvalue weighted by atomic mass is 10.0. The largest absolute Gasteiger partial charge is 0.467 e. The molecular formula is C19H19ClN2O5. The number of furan rings is 1. The highest BCUT2D eigenvalue weighted by atomic mass is 35.5. The SMILES string of the molecule is COCC(=O)O[C@H](C)C(=O)N1N=C(c2ccc(Cl)cc2)C[C@H]1c1ccco1. The van der Waals surface area contributed by atoms with E-state index < -0.39 is 24.0 Å². The van der Waals surface area contributed by atoms with Crippen molar-refractivity contribution in [1.82, 2.24) is 5.01 Å². The molecule has 3 rings (SSSR count). The zero-order chi connectivity index (χ0) is 19.4. The Kier molecular flexibility index (Phi) is 5.93. The van der Waals surface area contributed by atoms with Gasteiger partial charge in [0.15, 0.2) is 6.10 Å². The highest BCUT2D eigenvalue weighted by Gasteiger charge is 2.37. The maximum absolute atomic E-state index is 12.9. The molecule has 1 aliphatic heterocycles. The van der Waals surface area contributed by atoms with E-state index >= 15 is 0 Å². The summed E-state index contributed by atoms with van der Waals surface area (Å²) in [5.41, 5.74) is 1.58. The van der Waals surface area contributed by atoms with Gasteiger partial charge in [0.1, 0.15) is 18.4 Å². The summed E-state index contributed by atoms with van der Waals surface area (Å²) in [6.07, 6.45) is 1.01. The molecular weight excluding hydrogens is 372 g/mol. The molecule has 1 aromatic heterocycles. The normalized spacial score (nSPS) is 17.5. The first-order valence-electron chi connectivity index (χ1n) is 8.38. The summed E-state index contributed by atoms with van der Waals surface area (Å²) in [5.74, 6) is -0.453. The van der Waals surface area contributed by atoms with Crippen LogP contribution in [0.5, 0.6) is 0 Å². The van der Waals surface area contributed by atoms with Crippen molar-refractivity contribution in [2.24, 2.45) is 5.10 Å². The number of carbonyl (C=O) groups is 2. The lowest BCUT2D eigenvalue weighted by Gasteiger charge is -2.23. The summed E-state index contributed by atoms with van der Waals surface area (Å²) < 4.78 is 15.3. The summed E-state index contributed by atoms with van der Waals surface area (Å²) in [6.45, 7) is 1.28. The minimum Gasteiger partial charge on any atom is -0.467 e. The van der Waals surface area contributed by atoms with E-state index in [-0.39, 0.29) is 6.61 Å². The predicted molar refractivity (Wildman–Crippen MR) is 98.3 cm³/mol. The van der Waals surface area contributed by atoms with Gasteiger partial charge in [0.05, 0.1) is 12.0 Å². The van der Waals surface area contributed by atoms with E-state index in [1.165, 1.54) is 19.0 Å². The van der Waals surface area contributed by atoms with Gasteiger partial charge in [-0.15, -0.1) is 0 Å². The van der Waals surface area contributed by atoms with Crippen LogP contribution in [-0.4, -0.2) is 42.4 Å². The number of amides is 1. The van der Waals surface area contributed by atoms with Crippen LogP contribution in [-0.2, 0) is 19.1 Å². The Hall–Kier alpha value is -2.64. The average Bonchev–Trinajstić information content (AvgIpc) is 3.31. The molecule has 8 heteroatoms. The van der Waals surface area contributed by atoms with Crippen molar-refractivity contribution in [2.45, 2.75) is 25.5 Å². The quantitative estimate of drug-likeness (QED) is 0.707. The first-order chi connectivity index (χ1) is 13.0. The smallest absolute Gasteiger partial charge is 0.332 e. The van der Waals surface area contributed by atoms with Crippen LogP contribution in [0.4, 0.5) is 0 Å². The van der Waals surface area contributed by atoms with Gasteiger partial charge in [-0.2, -0.15) is 5.10 Å². The molecule has 0 fully saturated rings. The van der Waals surface area contributed by atoms with Crippen molar-refractivity contribution in [1.29, 1.82) is 0 Å². The van der Waals surface area contributed by atoms with Crippen molar-refractivity contribution in [3.05, 3.63) is 59.0 Å². The number of carbonyl (C=O) groups excluding carboxylic acids is 2. The third-order valence-corrected chi connectivity index (χ3v) is 4.36. The molecule has 2 heterocycles. The molecule has 1 aromatic carbocycles. The predicted octanol–water partition coefficient (Wildman–Crippen LogP) is 3.19. The molecule has 0 N–H and O–H groups in total. The lowest BCUT2D eigenvalue weighted by molar-refractivity contribution is -0.162. The number of halogens is 1. The molecule has 0 saturated carbocycles. The molecule has 0 unspecified atom stereocenters. The molecule has 2 aromatic rings. The van der Waals surface area contributed by atoms with Crippen molar-refractivity contribution in [2.75, 3.05) is 13.7 Å². The Morgan fingerprint density at radius 2 is 2.07 bits per heavy atom. The van der Waals surface area contributed by atoms with Gasteiger partial charge in [-0.25, -0.2) is 9.80 Å². The van der Waals surface area contributed by atoms with Gasteiger partial charge in [-0.1, -0.05) is 23.7 Å². The average molecular weight is 391 g/mol. The Balaban J connectivity index is 1.84. The number of ether oxygens (including phenoxy) is 2. The summed E-state index contributed by atoms with van der Waals surface area (Å²) in [4.78, 5) is 24.5. The maximum atomic E-state index is 12.9. The van der Waals surface area contributed by atoms with Gasteiger partial charge in [0.25, 0.3) is 5.91 Å². The number of rotatable bonds is 6. The minimum atomic E-state index is -1.00. The van der Waals surface area contributed by atoms with Gasteiger partial charge in [-0.05, 0) is 36.8 Å². The molecule has 0 aliphatic carbocycles. The van der Waals surface area contributed by atoms with Crippen molar-refractivity contribution in [3.8, 4) is 0 Å². The first-order valence-corrected chi connectivity index (χ1v) is 8.75. The fourth-order valence-electron chi connectivity index (χ4n) is 2.82. The zero-order valence-corrected chi connectivity index (χ0v) is 15.7. The van der Waals surface area contributed by atoms with Gasteiger partial charge in [0.2, 0.25) is 0 Å². The molecule has 7 nitrogen and oxygen atoms in total. The number of benzene rings is 1. The lowest BCUT2D eigenvalue weighted by Crippen LogP contribution is -2.37. The van der Waals surface area contributed by atoms with E-state index in [0.29, 0.717) is 17.2 Å². The van der Waals surface area contributed by atoms with Crippen LogP contribution in [0.15, 0.2) is 52.2 Å². The molecule has 1 aliphatic rings. The summed E-state index contributed by atoms with van der Waals surface area (Å²) in [6, 6.07) is 10.3. The van der Waals surface area contributed by atoms with Crippen LogP contribution in [0.25, 0.3) is 0 Å². The van der Waals surface area contributed by atoms with Gasteiger partial charge in [0, 0.05) is 18.6 Å². The van der Waals surface area contributed by atoms with Crippen molar-refractivity contribution >= 4 is 29.2 Å². The molecule has 1 amide bonds. The van der Waals surface area contributed by atoms with E-state index in [0.717, 1.165) is 11.3 Å². The van der Waals surface area contributed by atoms with Gasteiger partial charge in [-0.3, -0.25) is 4.79 Å². The van der Waals surface area contributed by atoms with Gasteiger partial charge >= 0.3 is 5.97 Å². The monoisotopic (exact) mass is 390 g/mol. The maximum Gasteiger partial charge on any atom is 0.332 e. The number of nitrogens with zero attached hydrogens (tertiary/aromatic N) is 2. The second kappa shape index (κ2) is 8.37. The Morgan fingerprint density at radius 1 is 1.33 bits per heavy atom. The third kappa shape index (κ3) is 4.37. The number of methoxy groups -OCH3 is 1. The molecule has 27 heavy (non-hydrogen) atoms. The topological polar surface area (TPSA) is 81.3 Å². The zero-order valence-electron chi connectivity index (χ0n) is 14.9. The van der Waals surface area contributed by atoms with Crippen LogP contribution in [0, 0.1) is 0 Å². The van der Waals surface area contributed by atoms with E-state index in [2.05, 4.69) is 5.10 Å². The first kappa shape index (κ1) is 19.1. The fraction of sp³-hybridized carbons (Fsp3) is 0.316. The number of hydrogen-bond acceptors (Lipinski definition) is 6. The van der Waals surface area contributed by atoms with Crippen molar-refractivity contribution < 1.29 is 23.5 Å². The second-order valence-electron chi connectivity index (χ2n) is 6.04. The Bertz CT molecular complexity index is 832. The molecule has 0 saturated heterocycles. The second-order valence-corrected chi connectivity index (χ2v) is 6.47. The van der Waals surface area contributed by atoms with Crippen LogP contribution >= 0.6 is 11.6 Å². The Morgan fingerprint density at radius 3 is 2.70 bits per heavy atom. The van der Waals surface area contributed by atoms with E-state index in [1.807, 2.05) is 12.1 Å². The third-order valence-electron chi connectivity index (χ3n) is 4.10. The van der Waals surface area contributed by atoms with Crippen molar-refractivity contribution in [3.63, 3.8) is 0 Å². The number of esters is 1. The minimum absolute atomic E-state index is 0.224. The highest BCUT2D eigenvalue weighted by molar-refractivity contribution is 6.30. The number of hydrazone groups is 1. The van der Waals surface area contributed by atoms with E-state index in [9.17, 15) is 9.59 Å². The van der Waals surface area contributed by atoms with Crippen LogP contribution in [0.3, 0.4) is 0 Å². The molecule has 0 spiro atoms. The van der Waals surface area contributed by atoms with E-state index in [1.54, 1.807) is 30.5 Å². The van der Waals surface area contributed by atoms with Gasteiger partial charge < -0.3 is 13.9 Å². The Labute approximate surface area is 161 Å². The molecule has 0 radical (unpaired) electrons. The van der Waals surface area contributed by atoms with Crippen LogP contribution in [0.2, 0.25) is 5.02 Å². The summed E-state index contributed by atoms with van der Waals surface area (Å²) >= 11 is 5.94. The highest BCUT2D eigenvalue weighted by Crippen LogP contribution is 2.33. The summed E-state index contributed by atoms with van der Waals surface area (Å²) in [7, 11) is 1.38. The molecule has 142 valence electrons. The van der Waals surface area contributed by atoms with Crippen LogP contribution in [0.1, 0.15) is 30.7 Å². The van der Waals surface area contributed by atoms with Crippen LogP contribution < -0.4 is 0 Å². The fourth-order valence-corrected chi connectivity index (χ4v) is 2.94. The van der Waals surface area contributed by atoms with E-state index in [4.69, 9.17) is 25.5 Å². The summed E-state index contributed by atoms with van der Waals surface area (Å²) in [5, 5.41) is 6.40. The number of hydrogen-bond donors (Lipinski definition) is 0. The molecule has 0 bridgehead atoms.